The second kappa shape index (κ2) is 12.2. The van der Waals surface area contributed by atoms with E-state index in [1.54, 1.807) is 84.9 Å². The van der Waals surface area contributed by atoms with Crippen LogP contribution >= 0.6 is 0 Å². The molecule has 0 radical (unpaired) electrons. The molecule has 0 unspecified atom stereocenters. The van der Waals surface area contributed by atoms with Crippen LogP contribution in [0.1, 0.15) is 18.1 Å². The molecule has 0 heterocycles. The first-order valence-corrected chi connectivity index (χ1v) is 17.4. The van der Waals surface area contributed by atoms with Gasteiger partial charge in [0.1, 0.15) is 23.0 Å². The molecule has 226 valence electrons. The van der Waals surface area contributed by atoms with Gasteiger partial charge in [-0.25, -0.2) is 16.8 Å². The Morgan fingerprint density at radius 1 is 0.467 bits per heavy atom. The van der Waals surface area contributed by atoms with E-state index in [4.69, 9.17) is 9.47 Å². The first kappa shape index (κ1) is 30.1. The van der Waals surface area contributed by atoms with Gasteiger partial charge in [0, 0.05) is 10.8 Å². The second-order valence-electron chi connectivity index (χ2n) is 10.6. The molecule has 0 N–H and O–H groups in total. The van der Waals surface area contributed by atoms with Crippen molar-refractivity contribution < 1.29 is 26.3 Å². The Morgan fingerprint density at radius 2 is 0.822 bits per heavy atom. The van der Waals surface area contributed by atoms with E-state index >= 15 is 0 Å². The molecule has 0 fully saturated rings. The van der Waals surface area contributed by atoms with Gasteiger partial charge in [-0.15, -0.1) is 0 Å². The molecule has 0 aliphatic carbocycles. The summed E-state index contributed by atoms with van der Waals surface area (Å²) in [6.45, 7) is 3.93. The maximum Gasteiger partial charge on any atom is 0.206 e. The summed E-state index contributed by atoms with van der Waals surface area (Å²) in [6.07, 6.45) is 0.836. The minimum atomic E-state index is -3.66. The first-order chi connectivity index (χ1) is 21.6. The zero-order valence-electron chi connectivity index (χ0n) is 24.7. The SMILES string of the molecule is CCc1ccc(S(=O)(=O)c2ccc(Oc3ccc(Oc4ccc(S(=O)(=O)c5ccc(C)cc5)cc4)c4ccccc34)cc2)cc1. The monoisotopic (exact) mass is 634 g/mol. The zero-order chi connectivity index (χ0) is 31.6. The van der Waals surface area contributed by atoms with Gasteiger partial charge in [-0.05, 0) is 104 Å². The number of ether oxygens (including phenoxy) is 2. The first-order valence-electron chi connectivity index (χ1n) is 14.4. The zero-order valence-corrected chi connectivity index (χ0v) is 26.3. The summed E-state index contributed by atoms with van der Waals surface area (Å²) >= 11 is 0. The number of hydrogen-bond donors (Lipinski definition) is 0. The van der Waals surface area contributed by atoms with Crippen LogP contribution in [0.15, 0.2) is 153 Å². The molecule has 0 spiro atoms. The van der Waals surface area contributed by atoms with Crippen LogP contribution in [-0.4, -0.2) is 16.8 Å². The van der Waals surface area contributed by atoms with Crippen molar-refractivity contribution in [2.45, 2.75) is 39.9 Å². The van der Waals surface area contributed by atoms with Crippen LogP contribution in [0.25, 0.3) is 10.8 Å². The van der Waals surface area contributed by atoms with Crippen LogP contribution in [0.5, 0.6) is 23.0 Å². The third kappa shape index (κ3) is 6.20. The van der Waals surface area contributed by atoms with E-state index in [1.807, 2.05) is 50.2 Å². The summed E-state index contributed by atoms with van der Waals surface area (Å²) < 4.78 is 64.7. The molecule has 0 aliphatic heterocycles. The standard InChI is InChI=1S/C37H30O6S2/c1-3-27-10-18-31(19-11-27)45(40,41)33-22-14-29(15-23-33)43-37-25-24-36(34-6-4-5-7-35(34)37)42-28-12-20-32(21-13-28)44(38,39)30-16-8-26(2)9-17-30/h4-25H,3H2,1-2H3. The number of rotatable bonds is 9. The Balaban J connectivity index is 1.21. The van der Waals surface area contributed by atoms with Crippen LogP contribution in [-0.2, 0) is 26.1 Å². The Hall–Kier alpha value is -4.92. The molecular formula is C37H30O6S2. The highest BCUT2D eigenvalue weighted by Gasteiger charge is 2.19. The van der Waals surface area contributed by atoms with Crippen molar-refractivity contribution >= 4 is 30.4 Å². The smallest absolute Gasteiger partial charge is 0.206 e. The van der Waals surface area contributed by atoms with Crippen LogP contribution in [0.2, 0.25) is 0 Å². The van der Waals surface area contributed by atoms with Crippen molar-refractivity contribution in [1.29, 1.82) is 0 Å². The molecule has 6 aromatic carbocycles. The quantitative estimate of drug-likeness (QED) is 0.158. The molecule has 0 aliphatic rings. The van der Waals surface area contributed by atoms with Crippen molar-refractivity contribution in [2.75, 3.05) is 0 Å². The largest absolute Gasteiger partial charge is 0.457 e. The molecule has 6 rings (SSSR count). The van der Waals surface area contributed by atoms with Gasteiger partial charge in [-0.3, -0.25) is 0 Å². The van der Waals surface area contributed by atoms with Crippen LogP contribution < -0.4 is 9.47 Å². The van der Waals surface area contributed by atoms with Crippen molar-refractivity contribution in [3.63, 3.8) is 0 Å². The Morgan fingerprint density at radius 3 is 1.20 bits per heavy atom. The molecular weight excluding hydrogens is 605 g/mol. The number of fused-ring (bicyclic) bond motifs is 1. The van der Waals surface area contributed by atoms with Crippen molar-refractivity contribution in [3.8, 4) is 23.0 Å². The predicted octanol–water partition coefficient (Wildman–Crippen LogP) is 8.96. The lowest BCUT2D eigenvalue weighted by molar-refractivity contribution is 0.477. The van der Waals surface area contributed by atoms with Crippen molar-refractivity contribution in [2.24, 2.45) is 0 Å². The minimum absolute atomic E-state index is 0.181. The van der Waals surface area contributed by atoms with Gasteiger partial charge in [0.25, 0.3) is 0 Å². The third-order valence-corrected chi connectivity index (χ3v) is 11.1. The van der Waals surface area contributed by atoms with Crippen molar-refractivity contribution in [3.05, 3.63) is 145 Å². The second-order valence-corrected chi connectivity index (χ2v) is 14.5. The summed E-state index contributed by atoms with van der Waals surface area (Å²) in [5, 5.41) is 1.59. The van der Waals surface area contributed by atoms with Crippen LogP contribution in [0.3, 0.4) is 0 Å². The summed E-state index contributed by atoms with van der Waals surface area (Å²) in [6, 6.07) is 37.6. The maximum atomic E-state index is 13.1. The molecule has 6 nitrogen and oxygen atoms in total. The Labute approximate surface area is 263 Å². The summed E-state index contributed by atoms with van der Waals surface area (Å²) in [5.74, 6) is 2.11. The van der Waals surface area contributed by atoms with Gasteiger partial charge in [0.15, 0.2) is 0 Å². The van der Waals surface area contributed by atoms with Gasteiger partial charge in [-0.1, -0.05) is 61.0 Å². The molecule has 0 atom stereocenters. The lowest BCUT2D eigenvalue weighted by atomic mass is 10.1. The molecule has 8 heteroatoms. The van der Waals surface area contributed by atoms with E-state index in [9.17, 15) is 16.8 Å². The van der Waals surface area contributed by atoms with Gasteiger partial charge in [-0.2, -0.15) is 0 Å². The molecule has 45 heavy (non-hydrogen) atoms. The fourth-order valence-corrected chi connectivity index (χ4v) is 7.47. The lowest BCUT2D eigenvalue weighted by Gasteiger charge is -2.14. The van der Waals surface area contributed by atoms with Crippen LogP contribution in [0, 0.1) is 6.92 Å². The Bertz CT molecular complexity index is 2190. The molecule has 0 bridgehead atoms. The average molecular weight is 635 g/mol. The topological polar surface area (TPSA) is 86.7 Å². The lowest BCUT2D eigenvalue weighted by Crippen LogP contribution is -2.02. The van der Waals surface area contributed by atoms with Gasteiger partial charge in [0.2, 0.25) is 19.7 Å². The maximum absolute atomic E-state index is 13.1. The predicted molar refractivity (Wildman–Crippen MR) is 175 cm³/mol. The molecule has 0 saturated carbocycles. The fourth-order valence-electron chi connectivity index (χ4n) is 4.94. The number of benzene rings is 6. The molecule has 6 aromatic rings. The molecule has 0 amide bonds. The molecule has 0 aromatic heterocycles. The van der Waals surface area contributed by atoms with E-state index in [0.29, 0.717) is 23.0 Å². The summed E-state index contributed by atoms with van der Waals surface area (Å²) in [5.41, 5.74) is 2.06. The van der Waals surface area contributed by atoms with Gasteiger partial charge in [0.05, 0.1) is 19.6 Å². The summed E-state index contributed by atoms with van der Waals surface area (Å²) in [4.78, 5) is 0.852. The van der Waals surface area contributed by atoms with E-state index in [0.717, 1.165) is 28.3 Å². The van der Waals surface area contributed by atoms with Gasteiger partial charge >= 0.3 is 0 Å². The van der Waals surface area contributed by atoms with E-state index in [1.165, 1.54) is 12.1 Å². The van der Waals surface area contributed by atoms with E-state index < -0.39 is 19.7 Å². The van der Waals surface area contributed by atoms with E-state index in [2.05, 4.69) is 0 Å². The van der Waals surface area contributed by atoms with E-state index in [-0.39, 0.29) is 19.6 Å². The number of aryl methyl sites for hydroxylation is 2. The highest BCUT2D eigenvalue weighted by atomic mass is 32.2. The fraction of sp³-hybridized carbons (Fsp3) is 0.0811. The third-order valence-electron chi connectivity index (χ3n) is 7.54. The average Bonchev–Trinajstić information content (AvgIpc) is 3.06. The Kier molecular flexibility index (Phi) is 8.18. The van der Waals surface area contributed by atoms with Gasteiger partial charge < -0.3 is 9.47 Å². The number of sulfone groups is 2. The summed E-state index contributed by atoms with van der Waals surface area (Å²) in [7, 11) is -7.30. The highest BCUT2D eigenvalue weighted by molar-refractivity contribution is 7.91. The normalized spacial score (nSPS) is 11.8. The molecule has 0 saturated heterocycles. The van der Waals surface area contributed by atoms with Crippen LogP contribution in [0.4, 0.5) is 0 Å². The number of hydrogen-bond acceptors (Lipinski definition) is 6. The van der Waals surface area contributed by atoms with Crippen molar-refractivity contribution in [1.82, 2.24) is 0 Å². The minimum Gasteiger partial charge on any atom is -0.457 e. The highest BCUT2D eigenvalue weighted by Crippen LogP contribution is 2.38.